The molecule has 3 nitrogen and oxygen atoms in total. The van der Waals surface area contributed by atoms with Crippen molar-refractivity contribution >= 4 is 22.9 Å². The number of anilines is 1. The van der Waals surface area contributed by atoms with Gasteiger partial charge in [-0.2, -0.15) is 0 Å². The third kappa shape index (κ3) is 3.45. The zero-order chi connectivity index (χ0) is 13.8. The molecule has 1 fully saturated rings. The van der Waals surface area contributed by atoms with Crippen molar-refractivity contribution < 1.29 is 4.74 Å². The lowest BCUT2D eigenvalue weighted by Crippen LogP contribution is -2.40. The van der Waals surface area contributed by atoms with E-state index >= 15 is 0 Å². The summed E-state index contributed by atoms with van der Waals surface area (Å²) >= 11 is 5.02. The summed E-state index contributed by atoms with van der Waals surface area (Å²) in [6.45, 7) is 7.03. The highest BCUT2D eigenvalue weighted by molar-refractivity contribution is 7.80. The standard InChI is InChI=1S/C15H22N2OS/c1-3-18-13-5-4-8-17(10-13)14-7-6-12(15(16)19)9-11(14)2/h6-7,9,13H,3-5,8,10H2,1-2H3,(H2,16,19). The molecule has 1 unspecified atom stereocenters. The molecule has 0 radical (unpaired) electrons. The number of nitrogens with zero attached hydrogens (tertiary/aromatic N) is 1. The van der Waals surface area contributed by atoms with E-state index in [0.717, 1.165) is 31.7 Å². The Kier molecular flexibility index (Phi) is 4.77. The van der Waals surface area contributed by atoms with Gasteiger partial charge in [0.15, 0.2) is 0 Å². The highest BCUT2D eigenvalue weighted by Crippen LogP contribution is 2.25. The van der Waals surface area contributed by atoms with E-state index in [2.05, 4.69) is 30.9 Å². The van der Waals surface area contributed by atoms with Crippen LogP contribution in [0.15, 0.2) is 18.2 Å². The maximum absolute atomic E-state index is 5.75. The molecule has 19 heavy (non-hydrogen) atoms. The third-order valence-electron chi connectivity index (χ3n) is 3.60. The lowest BCUT2D eigenvalue weighted by atomic mass is 10.0. The number of hydrogen-bond donors (Lipinski definition) is 1. The van der Waals surface area contributed by atoms with Gasteiger partial charge in [0, 0.05) is 30.9 Å². The SMILES string of the molecule is CCOC1CCCN(c2ccc(C(N)=S)cc2C)C1. The molecule has 1 atom stereocenters. The van der Waals surface area contributed by atoms with Crippen molar-refractivity contribution in [2.45, 2.75) is 32.8 Å². The molecule has 2 N–H and O–H groups in total. The van der Waals surface area contributed by atoms with Crippen LogP contribution in [0.4, 0.5) is 5.69 Å². The first-order valence-corrected chi connectivity index (χ1v) is 7.29. The lowest BCUT2D eigenvalue weighted by molar-refractivity contribution is 0.0526. The Bertz CT molecular complexity index is 459. The van der Waals surface area contributed by atoms with Gasteiger partial charge in [0.25, 0.3) is 0 Å². The minimum Gasteiger partial charge on any atom is -0.389 e. The summed E-state index contributed by atoms with van der Waals surface area (Å²) in [6.07, 6.45) is 2.70. The first-order chi connectivity index (χ1) is 9.11. The van der Waals surface area contributed by atoms with Crippen LogP contribution in [0, 0.1) is 6.92 Å². The number of benzene rings is 1. The van der Waals surface area contributed by atoms with Crippen molar-refractivity contribution in [2.75, 3.05) is 24.6 Å². The van der Waals surface area contributed by atoms with Crippen LogP contribution >= 0.6 is 12.2 Å². The molecule has 1 saturated heterocycles. The Morgan fingerprint density at radius 3 is 2.95 bits per heavy atom. The van der Waals surface area contributed by atoms with Crippen molar-refractivity contribution in [3.63, 3.8) is 0 Å². The summed E-state index contributed by atoms with van der Waals surface area (Å²) in [5, 5.41) is 0. The Hall–Kier alpha value is -1.13. The lowest BCUT2D eigenvalue weighted by Gasteiger charge is -2.35. The van der Waals surface area contributed by atoms with Crippen LogP contribution in [0.2, 0.25) is 0 Å². The third-order valence-corrected chi connectivity index (χ3v) is 3.84. The molecule has 0 saturated carbocycles. The zero-order valence-electron chi connectivity index (χ0n) is 11.7. The van der Waals surface area contributed by atoms with Crippen LogP contribution in [-0.4, -0.2) is 30.8 Å². The fourth-order valence-electron chi connectivity index (χ4n) is 2.69. The van der Waals surface area contributed by atoms with Gasteiger partial charge in [-0.15, -0.1) is 0 Å². The number of piperidine rings is 1. The second-order valence-corrected chi connectivity index (χ2v) is 5.47. The number of thiocarbonyl (C=S) groups is 1. The summed E-state index contributed by atoms with van der Waals surface area (Å²) in [6, 6.07) is 6.20. The smallest absolute Gasteiger partial charge is 0.103 e. The molecular weight excluding hydrogens is 256 g/mol. The maximum atomic E-state index is 5.75. The van der Waals surface area contributed by atoms with Gasteiger partial charge in [-0.1, -0.05) is 12.2 Å². The Balaban J connectivity index is 2.15. The average molecular weight is 278 g/mol. The van der Waals surface area contributed by atoms with Gasteiger partial charge in [0.2, 0.25) is 0 Å². The Labute approximate surface area is 120 Å². The van der Waals surface area contributed by atoms with Gasteiger partial charge in [0.1, 0.15) is 4.99 Å². The van der Waals surface area contributed by atoms with Crippen LogP contribution in [0.5, 0.6) is 0 Å². The molecule has 0 spiro atoms. The van der Waals surface area contributed by atoms with Gasteiger partial charge in [-0.05, 0) is 50.5 Å². The van der Waals surface area contributed by atoms with Crippen molar-refractivity contribution in [1.29, 1.82) is 0 Å². The van der Waals surface area contributed by atoms with Crippen LogP contribution in [-0.2, 0) is 4.74 Å². The summed E-state index contributed by atoms with van der Waals surface area (Å²) in [5.74, 6) is 0. The van der Waals surface area contributed by atoms with Gasteiger partial charge < -0.3 is 15.4 Å². The van der Waals surface area contributed by atoms with Crippen molar-refractivity contribution in [3.8, 4) is 0 Å². The first-order valence-electron chi connectivity index (χ1n) is 6.88. The molecule has 0 aliphatic carbocycles. The fourth-order valence-corrected chi connectivity index (χ4v) is 2.82. The van der Waals surface area contributed by atoms with Gasteiger partial charge in [-0.25, -0.2) is 0 Å². The van der Waals surface area contributed by atoms with Gasteiger partial charge >= 0.3 is 0 Å². The van der Waals surface area contributed by atoms with Gasteiger partial charge in [-0.3, -0.25) is 0 Å². The minimum absolute atomic E-state index is 0.355. The van der Waals surface area contributed by atoms with E-state index < -0.39 is 0 Å². The van der Waals surface area contributed by atoms with Crippen molar-refractivity contribution in [3.05, 3.63) is 29.3 Å². The molecule has 0 amide bonds. The summed E-state index contributed by atoms with van der Waals surface area (Å²) < 4.78 is 5.75. The molecule has 1 aromatic rings. The largest absolute Gasteiger partial charge is 0.389 e. The number of hydrogen-bond acceptors (Lipinski definition) is 3. The van der Waals surface area contributed by atoms with Crippen LogP contribution in [0.25, 0.3) is 0 Å². The topological polar surface area (TPSA) is 38.5 Å². The summed E-state index contributed by atoms with van der Waals surface area (Å²) in [4.78, 5) is 2.86. The molecule has 1 aliphatic rings. The molecule has 104 valence electrons. The normalized spacial score (nSPS) is 19.5. The van der Waals surface area contributed by atoms with E-state index in [4.69, 9.17) is 22.7 Å². The molecule has 4 heteroatoms. The summed E-state index contributed by atoms with van der Waals surface area (Å²) in [7, 11) is 0. The predicted molar refractivity (Wildman–Crippen MR) is 83.9 cm³/mol. The summed E-state index contributed by atoms with van der Waals surface area (Å²) in [5.41, 5.74) is 9.10. The Morgan fingerprint density at radius 1 is 1.53 bits per heavy atom. The highest BCUT2D eigenvalue weighted by atomic mass is 32.1. The molecular formula is C15H22N2OS. The van der Waals surface area contributed by atoms with Crippen molar-refractivity contribution in [2.24, 2.45) is 5.73 Å². The minimum atomic E-state index is 0.355. The second-order valence-electron chi connectivity index (χ2n) is 5.03. The van der Waals surface area contributed by atoms with E-state index in [-0.39, 0.29) is 0 Å². The zero-order valence-corrected chi connectivity index (χ0v) is 12.5. The molecule has 1 heterocycles. The van der Waals surface area contributed by atoms with Crippen LogP contribution in [0.1, 0.15) is 30.9 Å². The van der Waals surface area contributed by atoms with E-state index in [1.807, 2.05) is 6.07 Å². The highest BCUT2D eigenvalue weighted by Gasteiger charge is 2.21. The molecule has 1 aromatic carbocycles. The molecule has 1 aliphatic heterocycles. The van der Waals surface area contributed by atoms with Crippen LogP contribution in [0.3, 0.4) is 0 Å². The fraction of sp³-hybridized carbons (Fsp3) is 0.533. The number of nitrogens with two attached hydrogens (primary N) is 1. The first kappa shape index (κ1) is 14.3. The van der Waals surface area contributed by atoms with Crippen molar-refractivity contribution in [1.82, 2.24) is 0 Å². The van der Waals surface area contributed by atoms with Crippen LogP contribution < -0.4 is 10.6 Å². The number of ether oxygens (including phenoxy) is 1. The maximum Gasteiger partial charge on any atom is 0.103 e. The van der Waals surface area contributed by atoms with Gasteiger partial charge in [0.05, 0.1) is 6.10 Å². The number of rotatable bonds is 4. The van der Waals surface area contributed by atoms with E-state index in [0.29, 0.717) is 11.1 Å². The quantitative estimate of drug-likeness (QED) is 0.859. The Morgan fingerprint density at radius 2 is 2.32 bits per heavy atom. The van der Waals surface area contributed by atoms with E-state index in [9.17, 15) is 0 Å². The molecule has 2 rings (SSSR count). The monoisotopic (exact) mass is 278 g/mol. The number of aryl methyl sites for hydroxylation is 1. The average Bonchev–Trinajstić information content (AvgIpc) is 2.39. The molecule has 0 bridgehead atoms. The molecule has 0 aromatic heterocycles. The predicted octanol–water partition coefficient (Wildman–Crippen LogP) is 2.63. The van der Waals surface area contributed by atoms with E-state index in [1.165, 1.54) is 17.7 Å². The van der Waals surface area contributed by atoms with E-state index in [1.54, 1.807) is 0 Å². The second kappa shape index (κ2) is 6.35.